The van der Waals surface area contributed by atoms with Gasteiger partial charge in [-0.05, 0) is 38.8 Å². The molecule has 0 aliphatic heterocycles. The minimum absolute atomic E-state index is 0.205. The van der Waals surface area contributed by atoms with E-state index in [9.17, 15) is 4.79 Å². The van der Waals surface area contributed by atoms with Crippen molar-refractivity contribution >= 4 is 11.5 Å². The Bertz CT molecular complexity index is 455. The molecule has 0 amide bonds. The van der Waals surface area contributed by atoms with Gasteiger partial charge in [0.25, 0.3) is 0 Å². The molecule has 0 spiro atoms. The first-order valence-electron chi connectivity index (χ1n) is 6.36. The van der Waals surface area contributed by atoms with Gasteiger partial charge in [-0.15, -0.1) is 0 Å². The molecule has 3 nitrogen and oxygen atoms in total. The molecule has 0 aliphatic carbocycles. The topological polar surface area (TPSA) is 35.5 Å². The molecule has 1 rings (SSSR count). The Morgan fingerprint density at radius 2 is 1.84 bits per heavy atom. The second kappa shape index (κ2) is 6.41. The lowest BCUT2D eigenvalue weighted by molar-refractivity contribution is -0.154. The predicted molar refractivity (Wildman–Crippen MR) is 77.1 cm³/mol. The molecule has 0 bridgehead atoms. The van der Waals surface area contributed by atoms with Gasteiger partial charge in [-0.3, -0.25) is 4.79 Å². The minimum Gasteiger partial charge on any atom is -0.496 e. The van der Waals surface area contributed by atoms with E-state index in [1.54, 1.807) is 7.11 Å². The van der Waals surface area contributed by atoms with E-state index < -0.39 is 5.60 Å². The smallest absolute Gasteiger partial charge is 0.306 e. The Labute approximate surface area is 115 Å². The molecule has 0 saturated carbocycles. The molecule has 0 N–H and O–H groups in total. The molecule has 0 aromatic heterocycles. The van der Waals surface area contributed by atoms with E-state index in [1.165, 1.54) is 0 Å². The number of allylic oxidation sites excluding steroid dienone is 1. The van der Waals surface area contributed by atoms with E-state index in [4.69, 9.17) is 9.47 Å². The second-order valence-electron chi connectivity index (χ2n) is 5.39. The summed E-state index contributed by atoms with van der Waals surface area (Å²) < 4.78 is 10.5. The maximum Gasteiger partial charge on any atom is 0.306 e. The van der Waals surface area contributed by atoms with Crippen molar-refractivity contribution in [2.24, 2.45) is 0 Å². The number of methoxy groups -OCH3 is 1. The normalized spacial score (nSPS) is 10.9. The van der Waals surface area contributed by atoms with Gasteiger partial charge in [0.05, 0.1) is 7.11 Å². The van der Waals surface area contributed by atoms with Gasteiger partial charge in [0.1, 0.15) is 11.4 Å². The third kappa shape index (κ3) is 5.16. The zero-order valence-corrected chi connectivity index (χ0v) is 12.2. The highest BCUT2D eigenvalue weighted by Crippen LogP contribution is 2.27. The second-order valence-corrected chi connectivity index (χ2v) is 5.39. The summed E-state index contributed by atoms with van der Waals surface area (Å²) in [5.41, 5.74) is 1.37. The summed E-state index contributed by atoms with van der Waals surface area (Å²) in [6.45, 7) is 9.60. The quantitative estimate of drug-likeness (QED) is 0.756. The van der Waals surface area contributed by atoms with Gasteiger partial charge in [-0.25, -0.2) is 0 Å². The fourth-order valence-corrected chi connectivity index (χ4v) is 1.72. The molecule has 19 heavy (non-hydrogen) atoms. The summed E-state index contributed by atoms with van der Waals surface area (Å²) in [5, 5.41) is 0. The van der Waals surface area contributed by atoms with Crippen LogP contribution < -0.4 is 4.74 Å². The molecule has 0 fully saturated rings. The molecule has 1 aromatic carbocycles. The third-order valence-electron chi connectivity index (χ3n) is 2.54. The first-order chi connectivity index (χ1) is 8.83. The Morgan fingerprint density at radius 3 is 2.42 bits per heavy atom. The number of rotatable bonds is 5. The highest BCUT2D eigenvalue weighted by Gasteiger charge is 2.16. The Kier molecular flexibility index (Phi) is 5.16. The van der Waals surface area contributed by atoms with E-state index in [-0.39, 0.29) is 5.97 Å². The van der Waals surface area contributed by atoms with Gasteiger partial charge < -0.3 is 9.47 Å². The van der Waals surface area contributed by atoms with Gasteiger partial charge in [0.2, 0.25) is 0 Å². The molecular weight excluding hydrogens is 240 g/mol. The van der Waals surface area contributed by atoms with Crippen LogP contribution in [0, 0.1) is 0 Å². The lowest BCUT2D eigenvalue weighted by Gasteiger charge is -2.19. The molecule has 0 saturated heterocycles. The van der Waals surface area contributed by atoms with Gasteiger partial charge in [-0.1, -0.05) is 24.8 Å². The highest BCUT2D eigenvalue weighted by atomic mass is 16.6. The molecular formula is C16H22O3. The number of ether oxygens (including phenoxy) is 2. The largest absolute Gasteiger partial charge is 0.496 e. The number of carbonyl (C=O) groups excluding carboxylic acids is 1. The number of hydrogen-bond donors (Lipinski definition) is 0. The van der Waals surface area contributed by atoms with Crippen molar-refractivity contribution in [1.82, 2.24) is 0 Å². The predicted octanol–water partition coefficient (Wildman–Crippen LogP) is 3.83. The SMILES string of the molecule is C=C(CCC(=O)OC(C)(C)C)c1ccccc1OC. The van der Waals surface area contributed by atoms with Gasteiger partial charge >= 0.3 is 5.97 Å². The fraction of sp³-hybridized carbons (Fsp3) is 0.438. The molecule has 0 atom stereocenters. The summed E-state index contributed by atoms with van der Waals surface area (Å²) in [6.07, 6.45) is 0.892. The molecule has 1 aromatic rings. The Balaban J connectivity index is 2.59. The first-order valence-corrected chi connectivity index (χ1v) is 6.36. The zero-order chi connectivity index (χ0) is 14.5. The minimum atomic E-state index is -0.442. The molecule has 0 aliphatic rings. The van der Waals surface area contributed by atoms with Crippen LogP contribution >= 0.6 is 0 Å². The molecule has 0 heterocycles. The maximum absolute atomic E-state index is 11.7. The fourth-order valence-electron chi connectivity index (χ4n) is 1.72. The van der Waals surface area contributed by atoms with Crippen molar-refractivity contribution in [1.29, 1.82) is 0 Å². The van der Waals surface area contributed by atoms with Crippen molar-refractivity contribution in [3.05, 3.63) is 36.4 Å². The summed E-state index contributed by atoms with van der Waals surface area (Å²) >= 11 is 0. The Hall–Kier alpha value is -1.77. The van der Waals surface area contributed by atoms with Crippen LogP contribution in [0.4, 0.5) is 0 Å². The zero-order valence-electron chi connectivity index (χ0n) is 12.2. The first kappa shape index (κ1) is 15.3. The number of hydrogen-bond acceptors (Lipinski definition) is 3. The van der Waals surface area contributed by atoms with E-state index in [1.807, 2.05) is 45.0 Å². The standard InChI is InChI=1S/C16H22O3/c1-12(10-11-15(17)19-16(2,3)4)13-8-6-7-9-14(13)18-5/h6-9H,1,10-11H2,2-5H3. The summed E-state index contributed by atoms with van der Waals surface area (Å²) in [4.78, 5) is 11.7. The number of para-hydroxylation sites is 1. The molecule has 0 radical (unpaired) electrons. The van der Waals surface area contributed by atoms with E-state index in [0.717, 1.165) is 16.9 Å². The van der Waals surface area contributed by atoms with Crippen molar-refractivity contribution in [2.75, 3.05) is 7.11 Å². The molecule has 3 heteroatoms. The van der Waals surface area contributed by atoms with Crippen molar-refractivity contribution in [3.8, 4) is 5.75 Å². The van der Waals surface area contributed by atoms with Crippen molar-refractivity contribution < 1.29 is 14.3 Å². The van der Waals surface area contributed by atoms with Crippen molar-refractivity contribution in [3.63, 3.8) is 0 Å². The van der Waals surface area contributed by atoms with Crippen LogP contribution in [-0.4, -0.2) is 18.7 Å². The lowest BCUT2D eigenvalue weighted by atomic mass is 10.0. The summed E-state index contributed by atoms with van der Waals surface area (Å²) in [6, 6.07) is 7.66. The van der Waals surface area contributed by atoms with Crippen molar-refractivity contribution in [2.45, 2.75) is 39.2 Å². The molecule has 104 valence electrons. The van der Waals surface area contributed by atoms with Crippen LogP contribution in [0.15, 0.2) is 30.8 Å². The summed E-state index contributed by atoms with van der Waals surface area (Å²) in [7, 11) is 1.62. The number of esters is 1. The molecule has 0 unspecified atom stereocenters. The lowest BCUT2D eigenvalue weighted by Crippen LogP contribution is -2.23. The van der Waals surface area contributed by atoms with Crippen LogP contribution in [0.25, 0.3) is 5.57 Å². The van der Waals surface area contributed by atoms with E-state index >= 15 is 0 Å². The van der Waals surface area contributed by atoms with Crippen LogP contribution in [-0.2, 0) is 9.53 Å². The van der Waals surface area contributed by atoms with Gasteiger partial charge in [0, 0.05) is 12.0 Å². The third-order valence-corrected chi connectivity index (χ3v) is 2.54. The monoisotopic (exact) mass is 262 g/mol. The van der Waals surface area contributed by atoms with Gasteiger partial charge in [0.15, 0.2) is 0 Å². The van der Waals surface area contributed by atoms with Crippen LogP contribution in [0.3, 0.4) is 0 Å². The average Bonchev–Trinajstić information content (AvgIpc) is 2.33. The Morgan fingerprint density at radius 1 is 1.21 bits per heavy atom. The van der Waals surface area contributed by atoms with Crippen LogP contribution in [0.1, 0.15) is 39.2 Å². The highest BCUT2D eigenvalue weighted by molar-refractivity contribution is 5.75. The average molecular weight is 262 g/mol. The van der Waals surface area contributed by atoms with Crippen LogP contribution in [0.5, 0.6) is 5.75 Å². The van der Waals surface area contributed by atoms with Crippen LogP contribution in [0.2, 0.25) is 0 Å². The van der Waals surface area contributed by atoms with Gasteiger partial charge in [-0.2, -0.15) is 0 Å². The van der Waals surface area contributed by atoms with E-state index in [0.29, 0.717) is 12.8 Å². The summed E-state index contributed by atoms with van der Waals surface area (Å²) in [5.74, 6) is 0.570. The number of carbonyl (C=O) groups is 1. The number of benzene rings is 1. The van der Waals surface area contributed by atoms with E-state index in [2.05, 4.69) is 6.58 Å². The maximum atomic E-state index is 11.7.